The number of amides is 2. The Morgan fingerprint density at radius 1 is 1.10 bits per heavy atom. The molecule has 0 radical (unpaired) electrons. The van der Waals surface area contributed by atoms with Gasteiger partial charge in [-0.05, 0) is 41.8 Å². The lowest BCUT2D eigenvalue weighted by molar-refractivity contribution is -0.130. The zero-order valence-corrected chi connectivity index (χ0v) is 13.5. The first-order valence-corrected chi connectivity index (χ1v) is 6.67. The molecule has 0 aliphatic rings. The number of hydrogen-bond acceptors (Lipinski definition) is 3. The van der Waals surface area contributed by atoms with Gasteiger partial charge >= 0.3 is 0 Å². The fourth-order valence-corrected chi connectivity index (χ4v) is 1.57. The van der Waals surface area contributed by atoms with E-state index in [2.05, 4.69) is 18.5 Å². The van der Waals surface area contributed by atoms with Crippen molar-refractivity contribution in [2.75, 3.05) is 20.6 Å². The second-order valence-electron chi connectivity index (χ2n) is 5.56. The van der Waals surface area contributed by atoms with Gasteiger partial charge in [0.25, 0.3) is 0 Å². The first-order valence-electron chi connectivity index (χ1n) is 6.67. The van der Waals surface area contributed by atoms with E-state index in [4.69, 9.17) is 0 Å². The third kappa shape index (κ3) is 5.57. The molecule has 0 rings (SSSR count). The highest BCUT2D eigenvalue weighted by Crippen LogP contribution is 2.07. The van der Waals surface area contributed by atoms with Gasteiger partial charge in [-0.15, -0.1) is 0 Å². The summed E-state index contributed by atoms with van der Waals surface area (Å²) < 4.78 is 0. The summed E-state index contributed by atoms with van der Waals surface area (Å²) in [5.74, 6) is -0.313. The van der Waals surface area contributed by atoms with Crippen LogP contribution in [0.3, 0.4) is 0 Å². The molecule has 0 saturated carbocycles. The largest absolute Gasteiger partial charge is 0.335 e. The maximum absolute atomic E-state index is 12.1. The van der Waals surface area contributed by atoms with Gasteiger partial charge in [0.05, 0.1) is 12.7 Å². The summed E-state index contributed by atoms with van der Waals surface area (Å²) in [5.41, 5.74) is 0.932. The number of nitrogens with zero attached hydrogens (tertiary/aromatic N) is 2. The van der Waals surface area contributed by atoms with Gasteiger partial charge in [0.15, 0.2) is 0 Å². The van der Waals surface area contributed by atoms with Crippen LogP contribution in [0.5, 0.6) is 0 Å². The van der Waals surface area contributed by atoms with E-state index in [-0.39, 0.29) is 24.0 Å². The predicted molar refractivity (Wildman–Crippen MR) is 82.1 cm³/mol. The Morgan fingerprint density at radius 2 is 1.60 bits per heavy atom. The minimum absolute atomic E-state index is 0.0309. The quantitative estimate of drug-likeness (QED) is 0.566. The molecular formula is C15H27N3O2. The second-order valence-corrected chi connectivity index (χ2v) is 5.56. The van der Waals surface area contributed by atoms with E-state index in [0.29, 0.717) is 17.7 Å². The molecule has 0 heterocycles. The number of nitrogens with one attached hydrogen (secondary N) is 1. The molecule has 0 aromatic carbocycles. The van der Waals surface area contributed by atoms with Crippen LogP contribution in [0, 0.1) is 0 Å². The minimum Gasteiger partial charge on any atom is -0.335 e. The molecular weight excluding hydrogens is 254 g/mol. The first-order chi connectivity index (χ1) is 9.07. The summed E-state index contributed by atoms with van der Waals surface area (Å²) in [6, 6.07) is 0.0309. The van der Waals surface area contributed by atoms with Crippen LogP contribution >= 0.6 is 0 Å². The molecule has 0 aliphatic carbocycles. The van der Waals surface area contributed by atoms with E-state index in [9.17, 15) is 9.59 Å². The Hall–Kier alpha value is -1.62. The highest BCUT2D eigenvalue weighted by atomic mass is 16.2. The molecule has 0 saturated heterocycles. The van der Waals surface area contributed by atoms with Crippen LogP contribution in [-0.4, -0.2) is 54.5 Å². The fraction of sp³-hybridized carbons (Fsp3) is 0.600. The SMILES string of the molecule is C=C(C)C(=O)NC(CN(C(=O)C(=C)C)C(C)C)N(C)C. The minimum atomic E-state index is -0.273. The van der Waals surface area contributed by atoms with Crippen molar-refractivity contribution >= 4 is 11.8 Å². The summed E-state index contributed by atoms with van der Waals surface area (Å²) in [7, 11) is 3.71. The Morgan fingerprint density at radius 3 is 1.90 bits per heavy atom. The van der Waals surface area contributed by atoms with Crippen LogP contribution in [0.2, 0.25) is 0 Å². The smallest absolute Gasteiger partial charge is 0.249 e. The number of likely N-dealkylation sites (N-methyl/N-ethyl adjacent to an activating group) is 1. The maximum Gasteiger partial charge on any atom is 0.249 e. The molecule has 114 valence electrons. The summed E-state index contributed by atoms with van der Waals surface area (Å²) >= 11 is 0. The van der Waals surface area contributed by atoms with Crippen LogP contribution in [0.25, 0.3) is 0 Å². The van der Waals surface area contributed by atoms with E-state index >= 15 is 0 Å². The number of carbonyl (C=O) groups excluding carboxylic acids is 2. The van der Waals surface area contributed by atoms with Crippen LogP contribution in [0.1, 0.15) is 27.7 Å². The molecule has 0 aliphatic heterocycles. The molecule has 0 aromatic rings. The monoisotopic (exact) mass is 281 g/mol. The topological polar surface area (TPSA) is 52.7 Å². The third-order valence-electron chi connectivity index (χ3n) is 2.93. The lowest BCUT2D eigenvalue weighted by Crippen LogP contribution is -2.54. The van der Waals surface area contributed by atoms with Gasteiger partial charge < -0.3 is 10.2 Å². The molecule has 5 heteroatoms. The molecule has 0 spiro atoms. The van der Waals surface area contributed by atoms with E-state index < -0.39 is 0 Å². The van der Waals surface area contributed by atoms with Crippen molar-refractivity contribution in [1.82, 2.24) is 15.1 Å². The highest BCUT2D eigenvalue weighted by Gasteiger charge is 2.24. The number of rotatable bonds is 7. The third-order valence-corrected chi connectivity index (χ3v) is 2.93. The van der Waals surface area contributed by atoms with Crippen molar-refractivity contribution in [2.45, 2.75) is 39.9 Å². The maximum atomic E-state index is 12.1. The molecule has 1 atom stereocenters. The molecule has 2 amide bonds. The van der Waals surface area contributed by atoms with Gasteiger partial charge in [-0.25, -0.2) is 0 Å². The van der Waals surface area contributed by atoms with Crippen LogP contribution < -0.4 is 5.32 Å². The van der Waals surface area contributed by atoms with Crippen molar-refractivity contribution in [2.24, 2.45) is 0 Å². The Labute approximate surface area is 122 Å². The molecule has 1 N–H and O–H groups in total. The van der Waals surface area contributed by atoms with Crippen molar-refractivity contribution < 1.29 is 9.59 Å². The van der Waals surface area contributed by atoms with Crippen LogP contribution in [-0.2, 0) is 9.59 Å². The highest BCUT2D eigenvalue weighted by molar-refractivity contribution is 5.93. The molecule has 0 aromatic heterocycles. The van der Waals surface area contributed by atoms with Gasteiger partial charge in [-0.3, -0.25) is 14.5 Å². The van der Waals surface area contributed by atoms with E-state index in [1.807, 2.05) is 32.8 Å². The van der Waals surface area contributed by atoms with E-state index in [1.165, 1.54) is 0 Å². The van der Waals surface area contributed by atoms with Crippen LogP contribution in [0.15, 0.2) is 24.3 Å². The first kappa shape index (κ1) is 18.4. The molecule has 1 unspecified atom stereocenters. The van der Waals surface area contributed by atoms with Gasteiger partial charge in [0.2, 0.25) is 11.8 Å². The molecule has 20 heavy (non-hydrogen) atoms. The Kier molecular flexibility index (Phi) is 7.21. The van der Waals surface area contributed by atoms with Gasteiger partial charge in [-0.2, -0.15) is 0 Å². The summed E-state index contributed by atoms with van der Waals surface area (Å²) in [6.45, 7) is 14.9. The van der Waals surface area contributed by atoms with E-state index in [1.54, 1.807) is 18.7 Å². The lowest BCUT2D eigenvalue weighted by atomic mass is 10.2. The van der Waals surface area contributed by atoms with Crippen molar-refractivity contribution in [3.63, 3.8) is 0 Å². The average molecular weight is 281 g/mol. The Bertz CT molecular complexity index is 400. The zero-order valence-electron chi connectivity index (χ0n) is 13.5. The van der Waals surface area contributed by atoms with Crippen molar-refractivity contribution in [1.29, 1.82) is 0 Å². The van der Waals surface area contributed by atoms with Crippen LogP contribution in [0.4, 0.5) is 0 Å². The fourth-order valence-electron chi connectivity index (χ4n) is 1.57. The lowest BCUT2D eigenvalue weighted by Gasteiger charge is -2.34. The molecule has 0 bridgehead atoms. The zero-order chi connectivity index (χ0) is 16.0. The van der Waals surface area contributed by atoms with Crippen molar-refractivity contribution in [3.8, 4) is 0 Å². The summed E-state index contributed by atoms with van der Waals surface area (Å²) in [4.78, 5) is 27.5. The average Bonchev–Trinajstić information content (AvgIpc) is 2.31. The summed E-state index contributed by atoms with van der Waals surface area (Å²) in [5, 5.41) is 2.86. The number of hydrogen-bond donors (Lipinski definition) is 1. The molecule has 5 nitrogen and oxygen atoms in total. The summed E-state index contributed by atoms with van der Waals surface area (Å²) in [6.07, 6.45) is -0.273. The second kappa shape index (κ2) is 7.85. The standard InChI is InChI=1S/C15H27N3O2/c1-10(2)14(19)16-13(17(7)8)9-18(12(5)6)15(20)11(3)4/h12-13H,1,3,9H2,2,4-8H3,(H,16,19). The molecule has 0 fully saturated rings. The Balaban J connectivity index is 5.02. The van der Waals surface area contributed by atoms with Gasteiger partial charge in [0.1, 0.15) is 0 Å². The van der Waals surface area contributed by atoms with E-state index in [0.717, 1.165) is 0 Å². The van der Waals surface area contributed by atoms with Crippen molar-refractivity contribution in [3.05, 3.63) is 24.3 Å². The normalized spacial score (nSPS) is 12.2. The number of carbonyl (C=O) groups is 2. The van der Waals surface area contributed by atoms with Gasteiger partial charge in [0, 0.05) is 17.2 Å². The van der Waals surface area contributed by atoms with Gasteiger partial charge in [-0.1, -0.05) is 13.2 Å². The predicted octanol–water partition coefficient (Wildman–Crippen LogP) is 1.38.